The summed E-state index contributed by atoms with van der Waals surface area (Å²) < 4.78 is 34.9. The lowest BCUT2D eigenvalue weighted by atomic mass is 10.2. The third-order valence-corrected chi connectivity index (χ3v) is 3.81. The Morgan fingerprint density at radius 1 is 1.31 bits per heavy atom. The van der Waals surface area contributed by atoms with Crippen molar-refractivity contribution < 1.29 is 12.8 Å². The lowest BCUT2D eigenvalue weighted by molar-refractivity contribution is 0.590. The Labute approximate surface area is 93.9 Å². The molecule has 0 amide bonds. The maximum absolute atomic E-state index is 12.6. The highest BCUT2D eigenvalue weighted by Crippen LogP contribution is 2.09. The predicted octanol–water partition coefficient (Wildman–Crippen LogP) is 1.23. The van der Waals surface area contributed by atoms with Crippen LogP contribution in [0.3, 0.4) is 0 Å². The summed E-state index contributed by atoms with van der Waals surface area (Å²) in [5.41, 5.74) is 0.930. The minimum atomic E-state index is -3.01. The smallest absolute Gasteiger partial charge is 0.173 e. The summed E-state index contributed by atoms with van der Waals surface area (Å²) in [5, 5.41) is 4.32. The van der Waals surface area contributed by atoms with Crippen LogP contribution < -0.4 is 5.32 Å². The molecule has 3 nitrogen and oxygen atoms in total. The van der Waals surface area contributed by atoms with Gasteiger partial charge in [-0.1, -0.05) is 18.2 Å². The molecular formula is C11H12FNO2S. The molecule has 5 heteroatoms. The second-order valence-corrected chi connectivity index (χ2v) is 5.70. The Morgan fingerprint density at radius 3 is 2.56 bits per heavy atom. The number of hydrogen-bond acceptors (Lipinski definition) is 3. The van der Waals surface area contributed by atoms with Crippen molar-refractivity contribution in [2.24, 2.45) is 0 Å². The van der Waals surface area contributed by atoms with Crippen molar-refractivity contribution in [3.05, 3.63) is 47.1 Å². The van der Waals surface area contributed by atoms with Crippen LogP contribution in [0.15, 0.2) is 35.7 Å². The molecule has 0 radical (unpaired) electrons. The highest BCUT2D eigenvalue weighted by molar-refractivity contribution is 7.94. The van der Waals surface area contributed by atoms with Crippen LogP contribution in [0, 0.1) is 5.82 Å². The average molecular weight is 241 g/mol. The molecule has 0 aliphatic carbocycles. The molecule has 0 saturated carbocycles. The van der Waals surface area contributed by atoms with Crippen molar-refractivity contribution in [1.82, 2.24) is 5.32 Å². The van der Waals surface area contributed by atoms with Gasteiger partial charge >= 0.3 is 0 Å². The van der Waals surface area contributed by atoms with Gasteiger partial charge in [-0.2, -0.15) is 0 Å². The first-order valence-electron chi connectivity index (χ1n) is 4.94. The molecule has 1 aliphatic rings. The summed E-state index contributed by atoms with van der Waals surface area (Å²) in [5.74, 6) is -0.166. The van der Waals surface area contributed by atoms with Crippen LogP contribution >= 0.6 is 0 Å². The van der Waals surface area contributed by atoms with Crippen molar-refractivity contribution in [2.45, 2.75) is 12.6 Å². The SMILES string of the molecule is O=S1(=O)C=CC(NCc2ccc(F)cc2)C1. The zero-order valence-electron chi connectivity index (χ0n) is 8.56. The summed E-state index contributed by atoms with van der Waals surface area (Å²) in [4.78, 5) is 0. The molecule has 0 fully saturated rings. The van der Waals surface area contributed by atoms with Gasteiger partial charge in [0.25, 0.3) is 0 Å². The topological polar surface area (TPSA) is 46.2 Å². The van der Waals surface area contributed by atoms with Crippen LogP contribution in [-0.2, 0) is 16.4 Å². The molecule has 1 aromatic rings. The molecule has 0 spiro atoms. The van der Waals surface area contributed by atoms with Gasteiger partial charge in [0.05, 0.1) is 5.75 Å². The van der Waals surface area contributed by atoms with Crippen molar-refractivity contribution in [3.63, 3.8) is 0 Å². The summed E-state index contributed by atoms with van der Waals surface area (Å²) in [6, 6.07) is 5.98. The highest BCUT2D eigenvalue weighted by Gasteiger charge is 2.20. The molecule has 2 rings (SSSR count). The maximum atomic E-state index is 12.6. The van der Waals surface area contributed by atoms with E-state index in [9.17, 15) is 12.8 Å². The van der Waals surface area contributed by atoms with Gasteiger partial charge in [-0.25, -0.2) is 12.8 Å². The number of rotatable bonds is 3. The van der Waals surface area contributed by atoms with Gasteiger partial charge in [-0.3, -0.25) is 0 Å². The van der Waals surface area contributed by atoms with Crippen LogP contribution in [0.4, 0.5) is 4.39 Å². The summed E-state index contributed by atoms with van der Waals surface area (Å²) in [6.07, 6.45) is 1.64. The van der Waals surface area contributed by atoms with Gasteiger partial charge in [0.1, 0.15) is 5.82 Å². The van der Waals surface area contributed by atoms with E-state index in [4.69, 9.17) is 0 Å². The largest absolute Gasteiger partial charge is 0.305 e. The minimum absolute atomic E-state index is 0.105. The standard InChI is InChI=1S/C11H12FNO2S/c12-10-3-1-9(2-4-10)7-13-11-5-6-16(14,15)8-11/h1-6,11,13H,7-8H2. The first kappa shape index (κ1) is 11.3. The highest BCUT2D eigenvalue weighted by atomic mass is 32.2. The van der Waals surface area contributed by atoms with E-state index >= 15 is 0 Å². The summed E-state index contributed by atoms with van der Waals surface area (Å²) >= 11 is 0. The fraction of sp³-hybridized carbons (Fsp3) is 0.273. The second-order valence-electron chi connectivity index (χ2n) is 3.77. The van der Waals surface area contributed by atoms with Gasteiger partial charge < -0.3 is 5.32 Å². The summed E-state index contributed by atoms with van der Waals surface area (Å²) in [6.45, 7) is 0.533. The van der Waals surface area contributed by atoms with E-state index in [0.29, 0.717) is 6.54 Å². The molecule has 0 bridgehead atoms. The Balaban J connectivity index is 1.89. The zero-order valence-corrected chi connectivity index (χ0v) is 9.37. The van der Waals surface area contributed by atoms with Crippen molar-refractivity contribution in [2.75, 3.05) is 5.75 Å². The Bertz CT molecular complexity index is 493. The fourth-order valence-electron chi connectivity index (χ4n) is 1.55. The van der Waals surface area contributed by atoms with E-state index in [1.807, 2.05) is 0 Å². The summed E-state index contributed by atoms with van der Waals surface area (Å²) in [7, 11) is -3.01. The number of nitrogens with one attached hydrogen (secondary N) is 1. The Hall–Kier alpha value is -1.20. The zero-order chi connectivity index (χ0) is 11.6. The van der Waals surface area contributed by atoms with Gasteiger partial charge in [-0.05, 0) is 17.7 Å². The lowest BCUT2D eigenvalue weighted by Crippen LogP contribution is -2.29. The molecule has 1 aliphatic heterocycles. The van der Waals surface area contributed by atoms with Crippen LogP contribution in [0.2, 0.25) is 0 Å². The molecule has 1 atom stereocenters. The van der Waals surface area contributed by atoms with Crippen LogP contribution in [0.1, 0.15) is 5.56 Å². The van der Waals surface area contributed by atoms with Crippen LogP contribution in [0.5, 0.6) is 0 Å². The van der Waals surface area contributed by atoms with Crippen LogP contribution in [-0.4, -0.2) is 20.2 Å². The maximum Gasteiger partial charge on any atom is 0.173 e. The first-order chi connectivity index (χ1) is 7.55. The molecule has 1 unspecified atom stereocenters. The Morgan fingerprint density at radius 2 is 2.00 bits per heavy atom. The Kier molecular flexibility index (Phi) is 3.07. The third-order valence-electron chi connectivity index (χ3n) is 2.41. The van der Waals surface area contributed by atoms with E-state index < -0.39 is 9.84 Å². The second kappa shape index (κ2) is 4.35. The van der Waals surface area contributed by atoms with Crippen molar-refractivity contribution in [1.29, 1.82) is 0 Å². The number of sulfone groups is 1. The number of benzene rings is 1. The number of halogens is 1. The molecule has 0 aromatic heterocycles. The van der Waals surface area contributed by atoms with Crippen molar-refractivity contribution in [3.8, 4) is 0 Å². The van der Waals surface area contributed by atoms with E-state index in [-0.39, 0.29) is 17.6 Å². The molecule has 1 aromatic carbocycles. The van der Waals surface area contributed by atoms with E-state index in [2.05, 4.69) is 5.32 Å². The first-order valence-corrected chi connectivity index (χ1v) is 6.65. The van der Waals surface area contributed by atoms with Gasteiger partial charge in [-0.15, -0.1) is 0 Å². The average Bonchev–Trinajstić information content (AvgIpc) is 2.58. The molecule has 1 heterocycles. The lowest BCUT2D eigenvalue weighted by Gasteiger charge is -2.09. The number of hydrogen-bond donors (Lipinski definition) is 1. The monoisotopic (exact) mass is 241 g/mol. The quantitative estimate of drug-likeness (QED) is 0.865. The van der Waals surface area contributed by atoms with Gasteiger partial charge in [0, 0.05) is 18.0 Å². The van der Waals surface area contributed by atoms with E-state index in [1.165, 1.54) is 17.5 Å². The molecular weight excluding hydrogens is 229 g/mol. The minimum Gasteiger partial charge on any atom is -0.305 e. The third kappa shape index (κ3) is 2.90. The molecule has 0 saturated heterocycles. The van der Waals surface area contributed by atoms with Crippen molar-refractivity contribution >= 4 is 9.84 Å². The molecule has 86 valence electrons. The molecule has 1 N–H and O–H groups in total. The van der Waals surface area contributed by atoms with Gasteiger partial charge in [0.2, 0.25) is 0 Å². The normalized spacial score (nSPS) is 22.4. The predicted molar refractivity (Wildman–Crippen MR) is 60.0 cm³/mol. The van der Waals surface area contributed by atoms with Crippen LogP contribution in [0.25, 0.3) is 0 Å². The van der Waals surface area contributed by atoms with E-state index in [1.54, 1.807) is 18.2 Å². The fourth-order valence-corrected chi connectivity index (χ4v) is 2.82. The molecule has 16 heavy (non-hydrogen) atoms. The van der Waals surface area contributed by atoms with E-state index in [0.717, 1.165) is 5.56 Å². The van der Waals surface area contributed by atoms with Gasteiger partial charge in [0.15, 0.2) is 9.84 Å².